The van der Waals surface area contributed by atoms with Crippen molar-refractivity contribution >= 4 is 17.5 Å². The van der Waals surface area contributed by atoms with Crippen LogP contribution in [-0.2, 0) is 4.79 Å². The Morgan fingerprint density at radius 2 is 1.94 bits per heavy atom. The molecule has 0 aromatic heterocycles. The second-order valence-electron chi connectivity index (χ2n) is 4.81. The molecule has 1 aliphatic rings. The number of nitrogens with one attached hydrogen (secondary N) is 2. The molecule has 0 unspecified atom stereocenters. The fourth-order valence-electron chi connectivity index (χ4n) is 2.25. The third-order valence-corrected chi connectivity index (χ3v) is 3.69. The smallest absolute Gasteiger partial charge is 0.223 e. The molecule has 0 aliphatic carbocycles. The normalized spacial score (nSPS) is 18.3. The van der Waals surface area contributed by atoms with Crippen molar-refractivity contribution in [3.8, 4) is 0 Å². The van der Waals surface area contributed by atoms with E-state index in [0.717, 1.165) is 36.5 Å². The number of hydrogen-bond donors (Lipinski definition) is 2. The minimum Gasteiger partial charge on any atom is -0.349 e. The molecular formula is C14H19ClN2O. The summed E-state index contributed by atoms with van der Waals surface area (Å²) in [6.45, 7) is 3.88. The van der Waals surface area contributed by atoms with Gasteiger partial charge in [-0.25, -0.2) is 0 Å². The van der Waals surface area contributed by atoms with Crippen LogP contribution in [0.5, 0.6) is 0 Å². The average Bonchev–Trinajstić information content (AvgIpc) is 2.40. The zero-order valence-electron chi connectivity index (χ0n) is 10.6. The highest BCUT2D eigenvalue weighted by Gasteiger charge is 2.22. The molecule has 3 nitrogen and oxygen atoms in total. The Kier molecular flexibility index (Phi) is 4.61. The third kappa shape index (κ3) is 3.47. The molecule has 1 saturated heterocycles. The number of rotatable bonds is 3. The van der Waals surface area contributed by atoms with E-state index in [2.05, 4.69) is 10.6 Å². The van der Waals surface area contributed by atoms with Crippen molar-refractivity contribution in [1.29, 1.82) is 0 Å². The molecule has 0 spiro atoms. The number of piperidine rings is 1. The van der Waals surface area contributed by atoms with Gasteiger partial charge in [0.2, 0.25) is 5.91 Å². The maximum Gasteiger partial charge on any atom is 0.223 e. The molecule has 1 aliphatic heterocycles. The van der Waals surface area contributed by atoms with Crippen molar-refractivity contribution in [2.24, 2.45) is 5.92 Å². The van der Waals surface area contributed by atoms with Gasteiger partial charge in [0.25, 0.3) is 0 Å². The first-order valence-electron chi connectivity index (χ1n) is 6.43. The first kappa shape index (κ1) is 13.4. The second-order valence-corrected chi connectivity index (χ2v) is 5.24. The van der Waals surface area contributed by atoms with E-state index in [1.54, 1.807) is 0 Å². The predicted molar refractivity (Wildman–Crippen MR) is 73.6 cm³/mol. The van der Waals surface area contributed by atoms with Crippen LogP contribution < -0.4 is 10.6 Å². The van der Waals surface area contributed by atoms with E-state index in [0.29, 0.717) is 0 Å². The zero-order valence-corrected chi connectivity index (χ0v) is 11.3. The van der Waals surface area contributed by atoms with Gasteiger partial charge in [-0.05, 0) is 50.6 Å². The summed E-state index contributed by atoms with van der Waals surface area (Å²) in [5, 5.41) is 7.06. The van der Waals surface area contributed by atoms with Crippen LogP contribution in [0.3, 0.4) is 0 Å². The van der Waals surface area contributed by atoms with E-state index < -0.39 is 0 Å². The minimum absolute atomic E-state index is 0.0321. The van der Waals surface area contributed by atoms with Crippen LogP contribution in [-0.4, -0.2) is 19.0 Å². The van der Waals surface area contributed by atoms with Crippen molar-refractivity contribution in [3.63, 3.8) is 0 Å². The average molecular weight is 267 g/mol. The van der Waals surface area contributed by atoms with E-state index in [1.165, 1.54) is 0 Å². The molecule has 4 heteroatoms. The highest BCUT2D eigenvalue weighted by Crippen LogP contribution is 2.18. The van der Waals surface area contributed by atoms with Gasteiger partial charge in [-0.2, -0.15) is 0 Å². The van der Waals surface area contributed by atoms with Crippen molar-refractivity contribution in [3.05, 3.63) is 34.9 Å². The minimum atomic E-state index is 0.0321. The molecule has 18 heavy (non-hydrogen) atoms. The summed E-state index contributed by atoms with van der Waals surface area (Å²) in [7, 11) is 0. The Morgan fingerprint density at radius 1 is 1.33 bits per heavy atom. The summed E-state index contributed by atoms with van der Waals surface area (Å²) in [4.78, 5) is 12.1. The predicted octanol–water partition coefficient (Wildman–Crippen LogP) is 2.52. The van der Waals surface area contributed by atoms with Gasteiger partial charge in [-0.3, -0.25) is 4.79 Å². The molecule has 0 bridgehead atoms. The summed E-state index contributed by atoms with van der Waals surface area (Å²) in [6.07, 6.45) is 1.86. The van der Waals surface area contributed by atoms with Crippen LogP contribution in [0.15, 0.2) is 24.3 Å². The van der Waals surface area contributed by atoms with Crippen LogP contribution in [0, 0.1) is 5.92 Å². The lowest BCUT2D eigenvalue weighted by molar-refractivity contribution is -0.126. The number of benzene rings is 1. The molecule has 2 rings (SSSR count). The Hall–Kier alpha value is -1.06. The molecule has 1 atom stereocenters. The van der Waals surface area contributed by atoms with Crippen LogP contribution in [0.1, 0.15) is 31.4 Å². The lowest BCUT2D eigenvalue weighted by atomic mass is 9.96. The van der Waals surface area contributed by atoms with Crippen molar-refractivity contribution in [2.75, 3.05) is 13.1 Å². The molecule has 1 amide bonds. The Morgan fingerprint density at radius 3 is 2.56 bits per heavy atom. The molecule has 1 aromatic carbocycles. The van der Waals surface area contributed by atoms with Gasteiger partial charge in [0, 0.05) is 10.9 Å². The van der Waals surface area contributed by atoms with E-state index in [9.17, 15) is 4.79 Å². The molecule has 1 aromatic rings. The first-order valence-corrected chi connectivity index (χ1v) is 6.81. The third-order valence-electron chi connectivity index (χ3n) is 3.44. The lowest BCUT2D eigenvalue weighted by Crippen LogP contribution is -2.39. The molecule has 2 N–H and O–H groups in total. The summed E-state index contributed by atoms with van der Waals surface area (Å²) in [5.41, 5.74) is 1.08. The molecule has 0 saturated carbocycles. The standard InChI is InChI=1S/C14H19ClN2O/c1-10(11-2-4-13(15)5-3-11)17-14(18)12-6-8-16-9-7-12/h2-5,10,12,16H,6-9H2,1H3,(H,17,18)/t10-/m0/s1. The molecule has 0 radical (unpaired) electrons. The monoisotopic (exact) mass is 266 g/mol. The van der Waals surface area contributed by atoms with Crippen molar-refractivity contribution in [2.45, 2.75) is 25.8 Å². The van der Waals surface area contributed by atoms with E-state index >= 15 is 0 Å². The van der Waals surface area contributed by atoms with Gasteiger partial charge in [0.05, 0.1) is 6.04 Å². The van der Waals surface area contributed by atoms with Gasteiger partial charge in [-0.1, -0.05) is 23.7 Å². The van der Waals surface area contributed by atoms with Crippen LogP contribution >= 0.6 is 11.6 Å². The maximum absolute atomic E-state index is 12.1. The van der Waals surface area contributed by atoms with E-state index in [1.807, 2.05) is 31.2 Å². The van der Waals surface area contributed by atoms with E-state index in [-0.39, 0.29) is 17.9 Å². The van der Waals surface area contributed by atoms with Crippen molar-refractivity contribution in [1.82, 2.24) is 10.6 Å². The Labute approximate surface area is 113 Å². The number of carbonyl (C=O) groups is 1. The van der Waals surface area contributed by atoms with Gasteiger partial charge in [-0.15, -0.1) is 0 Å². The van der Waals surface area contributed by atoms with E-state index in [4.69, 9.17) is 11.6 Å². The topological polar surface area (TPSA) is 41.1 Å². The SMILES string of the molecule is C[C@H](NC(=O)C1CCNCC1)c1ccc(Cl)cc1. The Balaban J connectivity index is 1.91. The highest BCUT2D eigenvalue weighted by molar-refractivity contribution is 6.30. The van der Waals surface area contributed by atoms with Crippen molar-refractivity contribution < 1.29 is 4.79 Å². The summed E-state index contributed by atoms with van der Waals surface area (Å²) >= 11 is 5.85. The van der Waals surface area contributed by atoms with Gasteiger partial charge in [0.1, 0.15) is 0 Å². The highest BCUT2D eigenvalue weighted by atomic mass is 35.5. The number of carbonyl (C=O) groups excluding carboxylic acids is 1. The lowest BCUT2D eigenvalue weighted by Gasteiger charge is -2.24. The first-order chi connectivity index (χ1) is 8.66. The number of amides is 1. The van der Waals surface area contributed by atoms with Crippen LogP contribution in [0.4, 0.5) is 0 Å². The Bertz CT molecular complexity index is 399. The molecular weight excluding hydrogens is 248 g/mol. The fraction of sp³-hybridized carbons (Fsp3) is 0.500. The second kappa shape index (κ2) is 6.21. The molecule has 1 fully saturated rings. The summed E-state index contributed by atoms with van der Waals surface area (Å²) in [6, 6.07) is 7.64. The number of halogens is 1. The zero-order chi connectivity index (χ0) is 13.0. The van der Waals surface area contributed by atoms with Gasteiger partial charge >= 0.3 is 0 Å². The van der Waals surface area contributed by atoms with Gasteiger partial charge < -0.3 is 10.6 Å². The summed E-state index contributed by atoms with van der Waals surface area (Å²) in [5.74, 6) is 0.319. The maximum atomic E-state index is 12.1. The molecule has 98 valence electrons. The van der Waals surface area contributed by atoms with Gasteiger partial charge in [0.15, 0.2) is 0 Å². The largest absolute Gasteiger partial charge is 0.349 e. The summed E-state index contributed by atoms with van der Waals surface area (Å²) < 4.78 is 0. The number of hydrogen-bond acceptors (Lipinski definition) is 2. The quantitative estimate of drug-likeness (QED) is 0.883. The fourth-order valence-corrected chi connectivity index (χ4v) is 2.38. The van der Waals surface area contributed by atoms with Crippen LogP contribution in [0.25, 0.3) is 0 Å². The van der Waals surface area contributed by atoms with Crippen LogP contribution in [0.2, 0.25) is 5.02 Å². The molecule has 1 heterocycles.